The molecule has 1 aromatic heterocycles. The number of halogens is 1. The minimum atomic E-state index is -0.923. The van der Waals surface area contributed by atoms with Gasteiger partial charge >= 0.3 is 0 Å². The third kappa shape index (κ3) is 4.47. The number of nitrogens with zero attached hydrogens (tertiary/aromatic N) is 4. The van der Waals surface area contributed by atoms with Crippen LogP contribution in [-0.4, -0.2) is 43.4 Å². The van der Waals surface area contributed by atoms with E-state index in [-0.39, 0.29) is 23.3 Å². The monoisotopic (exact) mass is 493 g/mol. The molecule has 1 aliphatic carbocycles. The summed E-state index contributed by atoms with van der Waals surface area (Å²) in [5.41, 5.74) is 0.647. The molecule has 0 spiro atoms. The molecule has 190 valence electrons. The Kier molecular flexibility index (Phi) is 6.73. The fourth-order valence-electron chi connectivity index (χ4n) is 5.59. The first kappa shape index (κ1) is 24.3. The third-order valence-corrected chi connectivity index (χ3v) is 7.43. The molecule has 5 rings (SSSR count). The Morgan fingerprint density at radius 3 is 2.50 bits per heavy atom. The lowest BCUT2D eigenvalue weighted by Crippen LogP contribution is -2.48. The normalized spacial score (nSPS) is 22.4. The molecule has 36 heavy (non-hydrogen) atoms. The van der Waals surface area contributed by atoms with Crippen LogP contribution in [0.1, 0.15) is 58.2 Å². The number of aryl methyl sites for hydroxylation is 1. The van der Waals surface area contributed by atoms with Crippen molar-refractivity contribution in [2.24, 2.45) is 17.8 Å². The largest absolute Gasteiger partial charge is 0.324 e. The summed E-state index contributed by atoms with van der Waals surface area (Å²) in [6, 6.07) is 3.42. The number of nitrogens with one attached hydrogen (secondary N) is 1. The summed E-state index contributed by atoms with van der Waals surface area (Å²) in [4.78, 5) is 41.0. The lowest BCUT2D eigenvalue weighted by molar-refractivity contribution is -0.147. The van der Waals surface area contributed by atoms with Crippen LogP contribution in [0.5, 0.6) is 0 Å². The van der Waals surface area contributed by atoms with Gasteiger partial charge < -0.3 is 9.88 Å². The molecule has 3 amide bonds. The molecule has 0 radical (unpaired) electrons. The van der Waals surface area contributed by atoms with Crippen LogP contribution in [0.3, 0.4) is 0 Å². The SMILES string of the molecule is CC(C)CC(C(=O)Nc1ccc(F)c(-c2nnc3n2CCCCC3)c1)N1C(=O)C2CC=CCC2C1=O. The first-order valence-corrected chi connectivity index (χ1v) is 12.9. The van der Waals surface area contributed by atoms with E-state index in [0.717, 1.165) is 38.1 Å². The molecule has 0 bridgehead atoms. The first-order valence-electron chi connectivity index (χ1n) is 12.9. The van der Waals surface area contributed by atoms with Crippen LogP contribution in [-0.2, 0) is 27.3 Å². The molecule has 0 saturated carbocycles. The predicted molar refractivity (Wildman–Crippen MR) is 132 cm³/mol. The van der Waals surface area contributed by atoms with E-state index in [1.807, 2.05) is 30.6 Å². The van der Waals surface area contributed by atoms with Crippen molar-refractivity contribution in [2.75, 3.05) is 5.32 Å². The summed E-state index contributed by atoms with van der Waals surface area (Å²) in [6.45, 7) is 4.63. The summed E-state index contributed by atoms with van der Waals surface area (Å²) >= 11 is 0. The van der Waals surface area contributed by atoms with E-state index < -0.39 is 29.6 Å². The molecule has 1 aromatic carbocycles. The van der Waals surface area contributed by atoms with E-state index in [2.05, 4.69) is 15.5 Å². The van der Waals surface area contributed by atoms with Crippen LogP contribution in [0, 0.1) is 23.6 Å². The lowest BCUT2D eigenvalue weighted by atomic mass is 9.85. The molecular formula is C27H32FN5O3. The molecule has 1 saturated heterocycles. The Morgan fingerprint density at radius 2 is 1.81 bits per heavy atom. The summed E-state index contributed by atoms with van der Waals surface area (Å²) in [6.07, 6.45) is 9.14. The van der Waals surface area contributed by atoms with Crippen LogP contribution in [0.15, 0.2) is 30.4 Å². The van der Waals surface area contributed by atoms with E-state index in [9.17, 15) is 18.8 Å². The molecule has 2 aliphatic heterocycles. The van der Waals surface area contributed by atoms with Crippen molar-refractivity contribution in [3.63, 3.8) is 0 Å². The number of benzene rings is 1. The quantitative estimate of drug-likeness (QED) is 0.482. The Labute approximate surface area is 210 Å². The Balaban J connectivity index is 1.41. The van der Waals surface area contributed by atoms with Crippen molar-refractivity contribution in [3.05, 3.63) is 42.0 Å². The van der Waals surface area contributed by atoms with Crippen molar-refractivity contribution in [2.45, 2.75) is 71.4 Å². The molecule has 1 fully saturated rings. The zero-order valence-corrected chi connectivity index (χ0v) is 20.7. The van der Waals surface area contributed by atoms with Crippen molar-refractivity contribution in [1.82, 2.24) is 19.7 Å². The molecule has 3 atom stereocenters. The van der Waals surface area contributed by atoms with Gasteiger partial charge in [0.05, 0.1) is 17.4 Å². The average molecular weight is 494 g/mol. The molecule has 3 heterocycles. The molecule has 2 aromatic rings. The molecule has 1 N–H and O–H groups in total. The topological polar surface area (TPSA) is 97.2 Å². The second-order valence-corrected chi connectivity index (χ2v) is 10.4. The maximum Gasteiger partial charge on any atom is 0.247 e. The van der Waals surface area contributed by atoms with Crippen molar-refractivity contribution >= 4 is 23.4 Å². The summed E-state index contributed by atoms with van der Waals surface area (Å²) in [5, 5.41) is 11.4. The Hall–Kier alpha value is -3.36. The highest BCUT2D eigenvalue weighted by molar-refractivity contribution is 6.10. The van der Waals surface area contributed by atoms with Gasteiger partial charge in [0, 0.05) is 18.7 Å². The number of hydrogen-bond acceptors (Lipinski definition) is 5. The molecule has 3 aliphatic rings. The van der Waals surface area contributed by atoms with Gasteiger partial charge in [0.15, 0.2) is 5.82 Å². The highest BCUT2D eigenvalue weighted by Gasteiger charge is 2.51. The van der Waals surface area contributed by atoms with Gasteiger partial charge in [0.25, 0.3) is 0 Å². The second kappa shape index (κ2) is 9.95. The van der Waals surface area contributed by atoms with Crippen LogP contribution >= 0.6 is 0 Å². The zero-order valence-electron chi connectivity index (χ0n) is 20.7. The molecular weight excluding hydrogens is 461 g/mol. The van der Waals surface area contributed by atoms with Gasteiger partial charge in [-0.1, -0.05) is 32.4 Å². The minimum absolute atomic E-state index is 0.0809. The average Bonchev–Trinajstić information content (AvgIpc) is 3.26. The lowest BCUT2D eigenvalue weighted by Gasteiger charge is -2.27. The van der Waals surface area contributed by atoms with Gasteiger partial charge in [0.1, 0.15) is 17.7 Å². The number of amides is 3. The fraction of sp³-hybridized carbons (Fsp3) is 0.519. The van der Waals surface area contributed by atoms with Gasteiger partial charge in [-0.3, -0.25) is 19.3 Å². The standard InChI is InChI=1S/C27H32FN5O3/c1-16(2)14-22(33-26(35)18-8-5-6-9-19(18)27(33)36)25(34)29-17-11-12-21(28)20(15-17)24-31-30-23-10-4-3-7-13-32(23)24/h5-6,11-12,15-16,18-19,22H,3-4,7-10,13-14H2,1-2H3,(H,29,34). The van der Waals surface area contributed by atoms with Gasteiger partial charge in [0.2, 0.25) is 17.7 Å². The highest BCUT2D eigenvalue weighted by atomic mass is 19.1. The maximum atomic E-state index is 14.9. The number of likely N-dealkylation sites (tertiary alicyclic amines) is 1. The Morgan fingerprint density at radius 1 is 1.08 bits per heavy atom. The molecule has 8 nitrogen and oxygen atoms in total. The third-order valence-electron chi connectivity index (χ3n) is 7.43. The maximum absolute atomic E-state index is 14.9. The molecule has 3 unspecified atom stereocenters. The van der Waals surface area contributed by atoms with Crippen molar-refractivity contribution in [3.8, 4) is 11.4 Å². The predicted octanol–water partition coefficient (Wildman–Crippen LogP) is 4.12. The first-order chi connectivity index (χ1) is 17.3. The van der Waals surface area contributed by atoms with Crippen LogP contribution in [0.2, 0.25) is 0 Å². The van der Waals surface area contributed by atoms with E-state index in [4.69, 9.17) is 0 Å². The van der Waals surface area contributed by atoms with Gasteiger partial charge in [-0.15, -0.1) is 10.2 Å². The van der Waals surface area contributed by atoms with Crippen LogP contribution in [0.25, 0.3) is 11.4 Å². The van der Waals surface area contributed by atoms with Gasteiger partial charge in [-0.05, 0) is 56.2 Å². The zero-order chi connectivity index (χ0) is 25.4. The second-order valence-electron chi connectivity index (χ2n) is 10.4. The van der Waals surface area contributed by atoms with E-state index in [0.29, 0.717) is 30.8 Å². The van der Waals surface area contributed by atoms with Crippen molar-refractivity contribution < 1.29 is 18.8 Å². The number of anilines is 1. The fourth-order valence-corrected chi connectivity index (χ4v) is 5.59. The van der Waals surface area contributed by atoms with Crippen molar-refractivity contribution in [1.29, 1.82) is 0 Å². The number of allylic oxidation sites excluding steroid dienone is 2. The number of fused-ring (bicyclic) bond motifs is 2. The van der Waals surface area contributed by atoms with Crippen LogP contribution in [0.4, 0.5) is 10.1 Å². The summed E-state index contributed by atoms with van der Waals surface area (Å²) in [7, 11) is 0. The summed E-state index contributed by atoms with van der Waals surface area (Å²) < 4.78 is 16.8. The summed E-state index contributed by atoms with van der Waals surface area (Å²) in [5.74, 6) is -0.881. The number of imide groups is 1. The van der Waals surface area contributed by atoms with E-state index >= 15 is 0 Å². The Bertz CT molecular complexity index is 1190. The van der Waals surface area contributed by atoms with Crippen LogP contribution < -0.4 is 5.32 Å². The van der Waals surface area contributed by atoms with Gasteiger partial charge in [-0.2, -0.15) is 0 Å². The number of rotatable bonds is 6. The van der Waals surface area contributed by atoms with Gasteiger partial charge in [-0.25, -0.2) is 4.39 Å². The number of carbonyl (C=O) groups excluding carboxylic acids is 3. The number of hydrogen-bond donors (Lipinski definition) is 1. The minimum Gasteiger partial charge on any atom is -0.324 e. The smallest absolute Gasteiger partial charge is 0.247 e. The van der Waals surface area contributed by atoms with E-state index in [1.54, 1.807) is 6.07 Å². The highest BCUT2D eigenvalue weighted by Crippen LogP contribution is 2.37. The van der Waals surface area contributed by atoms with E-state index in [1.165, 1.54) is 17.0 Å². The number of carbonyl (C=O) groups is 3. The molecule has 9 heteroatoms. The number of aromatic nitrogens is 3.